The molecule has 0 spiro atoms. The van der Waals surface area contributed by atoms with Crippen molar-refractivity contribution in [3.05, 3.63) is 23.2 Å². The average Bonchev–Trinajstić information content (AvgIpc) is 2.25. The Morgan fingerprint density at radius 1 is 1.38 bits per heavy atom. The molecule has 0 aromatic heterocycles. The summed E-state index contributed by atoms with van der Waals surface area (Å²) in [5.41, 5.74) is 2.26. The number of fused-ring (bicyclic) bond motifs is 1. The summed E-state index contributed by atoms with van der Waals surface area (Å²) >= 11 is 5.91. The molecule has 0 bridgehead atoms. The molecule has 1 atom stereocenters. The topological polar surface area (TPSA) is 24.1 Å². The minimum Gasteiger partial charge on any atom is -0.383 e. The molecule has 0 saturated carbocycles. The first-order valence-corrected chi connectivity index (χ1v) is 4.93. The second-order valence-electron chi connectivity index (χ2n) is 3.45. The fourth-order valence-corrected chi connectivity index (χ4v) is 1.72. The van der Waals surface area contributed by atoms with Crippen LogP contribution in [0.3, 0.4) is 0 Å². The zero-order chi connectivity index (χ0) is 9.26. The lowest BCUT2D eigenvalue weighted by Gasteiger charge is -2.11. The Bertz CT molecular complexity index is 312. The van der Waals surface area contributed by atoms with Gasteiger partial charge >= 0.3 is 0 Å². The molecular formula is C10H13ClN2. The van der Waals surface area contributed by atoms with Gasteiger partial charge in [0.25, 0.3) is 0 Å². The number of nitrogens with one attached hydrogen (secondary N) is 2. The van der Waals surface area contributed by atoms with Crippen LogP contribution in [0.4, 0.5) is 11.4 Å². The van der Waals surface area contributed by atoms with Crippen LogP contribution in [-0.2, 0) is 0 Å². The Labute approximate surface area is 83.3 Å². The Hall–Kier alpha value is -0.890. The molecule has 1 aromatic rings. The maximum Gasteiger partial charge on any atom is 0.0593 e. The van der Waals surface area contributed by atoms with Crippen molar-refractivity contribution in [1.82, 2.24) is 0 Å². The molecule has 1 aliphatic heterocycles. The molecule has 0 saturated heterocycles. The van der Waals surface area contributed by atoms with Gasteiger partial charge in [0.2, 0.25) is 0 Å². The molecule has 0 fully saturated rings. The van der Waals surface area contributed by atoms with Crippen LogP contribution < -0.4 is 10.6 Å². The summed E-state index contributed by atoms with van der Waals surface area (Å²) in [5.74, 6) is 0. The molecule has 70 valence electrons. The van der Waals surface area contributed by atoms with Gasteiger partial charge in [0.05, 0.1) is 11.4 Å². The largest absolute Gasteiger partial charge is 0.383 e. The average molecular weight is 197 g/mol. The number of anilines is 2. The lowest BCUT2D eigenvalue weighted by atomic mass is 10.2. The second-order valence-corrected chi connectivity index (χ2v) is 3.89. The zero-order valence-electron chi connectivity index (χ0n) is 7.60. The van der Waals surface area contributed by atoms with Crippen LogP contribution in [0, 0.1) is 0 Å². The van der Waals surface area contributed by atoms with E-state index in [2.05, 4.69) is 17.6 Å². The summed E-state index contributed by atoms with van der Waals surface area (Å²) in [4.78, 5) is 0. The molecule has 13 heavy (non-hydrogen) atoms. The van der Waals surface area contributed by atoms with Crippen molar-refractivity contribution in [3.63, 3.8) is 0 Å². The first kappa shape index (κ1) is 8.70. The van der Waals surface area contributed by atoms with Crippen molar-refractivity contribution in [2.45, 2.75) is 19.4 Å². The Balaban J connectivity index is 2.35. The lowest BCUT2D eigenvalue weighted by molar-refractivity contribution is 0.745. The zero-order valence-corrected chi connectivity index (χ0v) is 8.36. The van der Waals surface area contributed by atoms with Gasteiger partial charge in [0.15, 0.2) is 0 Å². The van der Waals surface area contributed by atoms with Gasteiger partial charge in [-0.25, -0.2) is 0 Å². The van der Waals surface area contributed by atoms with Crippen molar-refractivity contribution in [2.24, 2.45) is 0 Å². The number of hydrogen-bond donors (Lipinski definition) is 2. The van der Waals surface area contributed by atoms with E-state index in [1.165, 1.54) is 0 Å². The predicted molar refractivity (Wildman–Crippen MR) is 57.6 cm³/mol. The molecule has 0 radical (unpaired) electrons. The Morgan fingerprint density at radius 3 is 3.08 bits per heavy atom. The van der Waals surface area contributed by atoms with Gasteiger partial charge in [-0.1, -0.05) is 11.6 Å². The standard InChI is InChI=1S/C10H13ClN2/c1-7-4-5-12-9-3-2-8(11)6-10(9)13-7/h2-3,6-7,12-13H,4-5H2,1H3. The van der Waals surface area contributed by atoms with Crippen LogP contribution in [-0.4, -0.2) is 12.6 Å². The molecular weight excluding hydrogens is 184 g/mol. The van der Waals surface area contributed by atoms with Crippen molar-refractivity contribution >= 4 is 23.0 Å². The van der Waals surface area contributed by atoms with Crippen LogP contribution in [0.25, 0.3) is 0 Å². The molecule has 2 rings (SSSR count). The molecule has 0 aliphatic carbocycles. The van der Waals surface area contributed by atoms with E-state index >= 15 is 0 Å². The highest BCUT2D eigenvalue weighted by atomic mass is 35.5. The van der Waals surface area contributed by atoms with Gasteiger partial charge in [-0.2, -0.15) is 0 Å². The fraction of sp³-hybridized carbons (Fsp3) is 0.400. The van der Waals surface area contributed by atoms with Crippen molar-refractivity contribution < 1.29 is 0 Å². The van der Waals surface area contributed by atoms with E-state index in [0.717, 1.165) is 29.4 Å². The smallest absolute Gasteiger partial charge is 0.0593 e. The quantitative estimate of drug-likeness (QED) is 0.667. The highest BCUT2D eigenvalue weighted by molar-refractivity contribution is 6.31. The third kappa shape index (κ3) is 1.89. The van der Waals surface area contributed by atoms with Crippen LogP contribution in [0.2, 0.25) is 5.02 Å². The van der Waals surface area contributed by atoms with E-state index < -0.39 is 0 Å². The Kier molecular flexibility index (Phi) is 2.32. The van der Waals surface area contributed by atoms with Crippen molar-refractivity contribution in [1.29, 1.82) is 0 Å². The summed E-state index contributed by atoms with van der Waals surface area (Å²) < 4.78 is 0. The first-order chi connectivity index (χ1) is 6.25. The van der Waals surface area contributed by atoms with E-state index in [9.17, 15) is 0 Å². The fourth-order valence-electron chi connectivity index (χ4n) is 1.55. The number of halogens is 1. The third-order valence-electron chi connectivity index (χ3n) is 2.28. The third-order valence-corrected chi connectivity index (χ3v) is 2.51. The minimum absolute atomic E-state index is 0.507. The van der Waals surface area contributed by atoms with E-state index in [1.807, 2.05) is 18.2 Å². The van der Waals surface area contributed by atoms with Crippen molar-refractivity contribution in [3.8, 4) is 0 Å². The molecule has 1 aliphatic rings. The van der Waals surface area contributed by atoms with Crippen molar-refractivity contribution in [2.75, 3.05) is 17.2 Å². The van der Waals surface area contributed by atoms with Crippen LogP contribution in [0.15, 0.2) is 18.2 Å². The van der Waals surface area contributed by atoms with Gasteiger partial charge in [-0.3, -0.25) is 0 Å². The number of rotatable bonds is 0. The summed E-state index contributed by atoms with van der Waals surface area (Å²) in [6.07, 6.45) is 1.13. The SMILES string of the molecule is CC1CCNc2ccc(Cl)cc2N1. The van der Waals surface area contributed by atoms with Gasteiger partial charge in [0.1, 0.15) is 0 Å². The molecule has 1 aromatic carbocycles. The minimum atomic E-state index is 0.507. The van der Waals surface area contributed by atoms with E-state index in [-0.39, 0.29) is 0 Å². The molecule has 0 amide bonds. The first-order valence-electron chi connectivity index (χ1n) is 4.55. The molecule has 1 heterocycles. The van der Waals surface area contributed by atoms with Crippen LogP contribution >= 0.6 is 11.6 Å². The predicted octanol–water partition coefficient (Wildman–Crippen LogP) is 2.96. The summed E-state index contributed by atoms with van der Waals surface area (Å²) in [7, 11) is 0. The molecule has 1 unspecified atom stereocenters. The molecule has 3 heteroatoms. The highest BCUT2D eigenvalue weighted by Gasteiger charge is 2.10. The van der Waals surface area contributed by atoms with Gasteiger partial charge in [-0.05, 0) is 31.5 Å². The highest BCUT2D eigenvalue weighted by Crippen LogP contribution is 2.28. The second kappa shape index (κ2) is 3.46. The lowest BCUT2D eigenvalue weighted by Crippen LogP contribution is -2.14. The maximum absolute atomic E-state index is 5.91. The van der Waals surface area contributed by atoms with E-state index in [4.69, 9.17) is 11.6 Å². The number of benzene rings is 1. The van der Waals surface area contributed by atoms with E-state index in [1.54, 1.807) is 0 Å². The normalized spacial score (nSPS) is 20.9. The molecule has 2 nitrogen and oxygen atoms in total. The Morgan fingerprint density at radius 2 is 2.23 bits per heavy atom. The summed E-state index contributed by atoms with van der Waals surface area (Å²) in [5, 5.41) is 7.56. The van der Waals surface area contributed by atoms with E-state index in [0.29, 0.717) is 6.04 Å². The summed E-state index contributed by atoms with van der Waals surface area (Å²) in [6.45, 7) is 3.19. The maximum atomic E-state index is 5.91. The van der Waals surface area contributed by atoms with Gasteiger partial charge < -0.3 is 10.6 Å². The molecule has 2 N–H and O–H groups in total. The van der Waals surface area contributed by atoms with Crippen LogP contribution in [0.1, 0.15) is 13.3 Å². The van der Waals surface area contributed by atoms with Gasteiger partial charge in [0, 0.05) is 17.6 Å². The summed E-state index contributed by atoms with van der Waals surface area (Å²) in [6, 6.07) is 6.40. The van der Waals surface area contributed by atoms with Gasteiger partial charge in [-0.15, -0.1) is 0 Å². The monoisotopic (exact) mass is 196 g/mol. The van der Waals surface area contributed by atoms with Crippen LogP contribution in [0.5, 0.6) is 0 Å². The number of hydrogen-bond acceptors (Lipinski definition) is 2.